The molecule has 29 heavy (non-hydrogen) atoms. The molecule has 0 unspecified atom stereocenters. The van der Waals surface area contributed by atoms with Gasteiger partial charge in [0.15, 0.2) is 5.13 Å². The molecule has 8 heteroatoms. The number of methoxy groups -OCH3 is 2. The Morgan fingerprint density at radius 1 is 1.00 bits per heavy atom. The third kappa shape index (κ3) is 3.93. The topological polar surface area (TPSA) is 66.9 Å². The lowest BCUT2D eigenvalue weighted by Gasteiger charge is -2.34. The van der Waals surface area contributed by atoms with E-state index < -0.39 is 0 Å². The number of nitrogens with zero attached hydrogens (tertiary/aromatic N) is 3. The van der Waals surface area contributed by atoms with E-state index in [1.165, 1.54) is 5.56 Å². The van der Waals surface area contributed by atoms with Crippen LogP contribution in [0, 0.1) is 6.92 Å². The minimum atomic E-state index is -0.0684. The van der Waals surface area contributed by atoms with Gasteiger partial charge in [-0.05, 0) is 31.2 Å². The van der Waals surface area contributed by atoms with Gasteiger partial charge >= 0.3 is 6.03 Å². The molecule has 1 N–H and O–H groups in total. The number of hydrogen-bond donors (Lipinski definition) is 1. The van der Waals surface area contributed by atoms with Crippen LogP contribution in [0.4, 0.5) is 15.6 Å². The summed E-state index contributed by atoms with van der Waals surface area (Å²) >= 11 is 1.59. The second-order valence-electron chi connectivity index (χ2n) is 6.91. The number of hydrogen-bond acceptors (Lipinski definition) is 6. The lowest BCUT2D eigenvalue weighted by molar-refractivity contribution is 0.208. The van der Waals surface area contributed by atoms with E-state index in [2.05, 4.69) is 10.2 Å². The average Bonchev–Trinajstić information content (AvgIpc) is 3.20. The van der Waals surface area contributed by atoms with Crippen molar-refractivity contribution in [3.8, 4) is 11.5 Å². The molecule has 1 aromatic heterocycles. The van der Waals surface area contributed by atoms with Gasteiger partial charge in [-0.25, -0.2) is 9.78 Å². The molecule has 1 saturated heterocycles. The number of fused-ring (bicyclic) bond motifs is 1. The number of aromatic nitrogens is 1. The van der Waals surface area contributed by atoms with Crippen molar-refractivity contribution in [2.45, 2.75) is 6.92 Å². The highest BCUT2D eigenvalue weighted by atomic mass is 32.1. The van der Waals surface area contributed by atoms with Crippen molar-refractivity contribution in [3.63, 3.8) is 0 Å². The molecular formula is C21H24N4O3S. The molecule has 0 aliphatic carbocycles. The Kier molecular flexibility index (Phi) is 5.44. The van der Waals surface area contributed by atoms with Crippen molar-refractivity contribution in [2.24, 2.45) is 0 Å². The standard InChI is InChI=1S/C21H24N4O3S/c1-14-4-6-15(7-5-14)22-20(26)24-10-12-25(13-11-24)21-23-18-16(27-2)8-9-17(28-3)19(18)29-21/h4-9H,10-13H2,1-3H3,(H,22,26). The average molecular weight is 413 g/mol. The molecule has 2 heterocycles. The monoisotopic (exact) mass is 412 g/mol. The van der Waals surface area contributed by atoms with E-state index in [1.807, 2.05) is 48.2 Å². The number of piperazine rings is 1. The van der Waals surface area contributed by atoms with Crippen LogP contribution in [-0.4, -0.2) is 56.3 Å². The third-order valence-corrected chi connectivity index (χ3v) is 6.17. The minimum absolute atomic E-state index is 0.0684. The van der Waals surface area contributed by atoms with E-state index in [-0.39, 0.29) is 6.03 Å². The first-order valence-corrected chi connectivity index (χ1v) is 10.3. The van der Waals surface area contributed by atoms with Gasteiger partial charge in [-0.1, -0.05) is 29.0 Å². The Balaban J connectivity index is 1.44. The summed E-state index contributed by atoms with van der Waals surface area (Å²) < 4.78 is 11.9. The summed E-state index contributed by atoms with van der Waals surface area (Å²) in [5, 5.41) is 3.89. The Labute approximate surface area is 173 Å². The van der Waals surface area contributed by atoms with Gasteiger partial charge in [-0.3, -0.25) is 0 Å². The fraction of sp³-hybridized carbons (Fsp3) is 0.333. The quantitative estimate of drug-likeness (QED) is 0.702. The summed E-state index contributed by atoms with van der Waals surface area (Å²) in [7, 11) is 3.30. The normalized spacial score (nSPS) is 14.2. The second-order valence-corrected chi connectivity index (χ2v) is 7.89. The Morgan fingerprint density at radius 2 is 1.66 bits per heavy atom. The zero-order chi connectivity index (χ0) is 20.4. The number of thiazole rings is 1. The highest BCUT2D eigenvalue weighted by Crippen LogP contribution is 2.40. The van der Waals surface area contributed by atoms with E-state index in [0.29, 0.717) is 13.1 Å². The molecule has 0 radical (unpaired) electrons. The number of carbonyl (C=O) groups excluding carboxylic acids is 1. The third-order valence-electron chi connectivity index (χ3n) is 5.04. The summed E-state index contributed by atoms with van der Waals surface area (Å²) in [4.78, 5) is 21.4. The maximum absolute atomic E-state index is 12.6. The molecule has 152 valence electrons. The van der Waals surface area contributed by atoms with Crippen molar-refractivity contribution in [2.75, 3.05) is 50.6 Å². The maximum atomic E-state index is 12.6. The summed E-state index contributed by atoms with van der Waals surface area (Å²) in [5.41, 5.74) is 2.79. The lowest BCUT2D eigenvalue weighted by Crippen LogP contribution is -2.50. The number of rotatable bonds is 4. The molecule has 1 fully saturated rings. The van der Waals surface area contributed by atoms with Crippen molar-refractivity contribution in [1.82, 2.24) is 9.88 Å². The number of anilines is 2. The van der Waals surface area contributed by atoms with Crippen molar-refractivity contribution < 1.29 is 14.3 Å². The van der Waals surface area contributed by atoms with E-state index in [0.717, 1.165) is 45.6 Å². The fourth-order valence-corrected chi connectivity index (χ4v) is 4.48. The van der Waals surface area contributed by atoms with Crippen LogP contribution in [0.15, 0.2) is 36.4 Å². The van der Waals surface area contributed by atoms with Crippen LogP contribution in [0.5, 0.6) is 11.5 Å². The van der Waals surface area contributed by atoms with Gasteiger partial charge in [-0.2, -0.15) is 0 Å². The molecule has 4 rings (SSSR count). The van der Waals surface area contributed by atoms with Gasteiger partial charge in [0.25, 0.3) is 0 Å². The van der Waals surface area contributed by atoms with E-state index in [1.54, 1.807) is 25.6 Å². The van der Waals surface area contributed by atoms with Crippen LogP contribution in [-0.2, 0) is 0 Å². The van der Waals surface area contributed by atoms with Crippen molar-refractivity contribution in [3.05, 3.63) is 42.0 Å². The van der Waals surface area contributed by atoms with E-state index in [4.69, 9.17) is 14.5 Å². The summed E-state index contributed by atoms with van der Waals surface area (Å²) in [6.45, 7) is 4.76. The van der Waals surface area contributed by atoms with Crippen LogP contribution in [0.25, 0.3) is 10.2 Å². The number of benzene rings is 2. The van der Waals surface area contributed by atoms with E-state index in [9.17, 15) is 4.79 Å². The first-order chi connectivity index (χ1) is 14.1. The van der Waals surface area contributed by atoms with Crippen LogP contribution < -0.4 is 19.7 Å². The van der Waals surface area contributed by atoms with E-state index >= 15 is 0 Å². The highest BCUT2D eigenvalue weighted by Gasteiger charge is 2.24. The predicted molar refractivity (Wildman–Crippen MR) is 117 cm³/mol. The number of nitrogens with one attached hydrogen (secondary N) is 1. The zero-order valence-corrected chi connectivity index (χ0v) is 17.6. The Morgan fingerprint density at radius 3 is 2.31 bits per heavy atom. The number of aryl methyl sites for hydroxylation is 1. The van der Waals surface area contributed by atoms with Gasteiger partial charge in [0, 0.05) is 31.9 Å². The fourth-order valence-electron chi connectivity index (χ4n) is 3.35. The minimum Gasteiger partial charge on any atom is -0.495 e. The molecule has 7 nitrogen and oxygen atoms in total. The molecule has 3 aromatic rings. The molecule has 1 aliphatic rings. The maximum Gasteiger partial charge on any atom is 0.321 e. The Hall–Kier alpha value is -3.00. The molecule has 2 aromatic carbocycles. The zero-order valence-electron chi connectivity index (χ0n) is 16.8. The Bertz CT molecular complexity index is 970. The van der Waals surface area contributed by atoms with Crippen LogP contribution in [0.3, 0.4) is 0 Å². The number of carbonyl (C=O) groups is 1. The summed E-state index contributed by atoms with van der Waals surface area (Å²) in [6.07, 6.45) is 0. The smallest absolute Gasteiger partial charge is 0.321 e. The first-order valence-electron chi connectivity index (χ1n) is 9.48. The first kappa shape index (κ1) is 19.3. The molecule has 0 atom stereocenters. The van der Waals surface area contributed by atoms with Gasteiger partial charge in [-0.15, -0.1) is 0 Å². The number of urea groups is 1. The molecule has 2 amide bonds. The molecule has 0 spiro atoms. The largest absolute Gasteiger partial charge is 0.495 e. The predicted octanol–water partition coefficient (Wildman–Crippen LogP) is 3.98. The molecule has 1 aliphatic heterocycles. The van der Waals surface area contributed by atoms with Crippen LogP contribution in [0.1, 0.15) is 5.56 Å². The van der Waals surface area contributed by atoms with Gasteiger partial charge in [0.05, 0.1) is 14.2 Å². The summed E-state index contributed by atoms with van der Waals surface area (Å²) in [5.74, 6) is 1.53. The second kappa shape index (κ2) is 8.16. The number of ether oxygens (including phenoxy) is 2. The van der Waals surface area contributed by atoms with Crippen molar-refractivity contribution in [1.29, 1.82) is 0 Å². The summed E-state index contributed by atoms with van der Waals surface area (Å²) in [6, 6.07) is 11.5. The van der Waals surface area contributed by atoms with Crippen LogP contribution >= 0.6 is 11.3 Å². The van der Waals surface area contributed by atoms with Crippen molar-refractivity contribution >= 4 is 38.4 Å². The number of amides is 2. The van der Waals surface area contributed by atoms with Gasteiger partial charge in [0.1, 0.15) is 21.7 Å². The molecule has 0 saturated carbocycles. The lowest BCUT2D eigenvalue weighted by atomic mass is 10.2. The SMILES string of the molecule is COc1ccc(OC)c2sc(N3CCN(C(=O)Nc4ccc(C)cc4)CC3)nc12. The van der Waals surface area contributed by atoms with Gasteiger partial charge < -0.3 is 24.6 Å². The highest BCUT2D eigenvalue weighted by molar-refractivity contribution is 7.22. The molecule has 0 bridgehead atoms. The van der Waals surface area contributed by atoms with Gasteiger partial charge in [0.2, 0.25) is 0 Å². The van der Waals surface area contributed by atoms with Crippen LogP contribution in [0.2, 0.25) is 0 Å². The molecular weight excluding hydrogens is 388 g/mol.